The molecule has 0 fully saturated rings. The standard InChI is InChI=1S/C11H7NO2/c1-7-4-9-3-2-8(6-12)5-10(9)14-11(7)13/h2-5H,1H3. The number of nitrogens with zero attached hydrogens (tertiary/aromatic N) is 1. The van der Waals surface area contributed by atoms with Gasteiger partial charge in [0.05, 0.1) is 11.6 Å². The second-order valence-corrected chi connectivity index (χ2v) is 3.08. The Morgan fingerprint density at radius 3 is 2.86 bits per heavy atom. The van der Waals surface area contributed by atoms with E-state index in [0.717, 1.165) is 5.39 Å². The van der Waals surface area contributed by atoms with Crippen molar-refractivity contribution in [2.24, 2.45) is 0 Å². The number of hydrogen-bond acceptors (Lipinski definition) is 3. The van der Waals surface area contributed by atoms with Crippen molar-refractivity contribution in [3.05, 3.63) is 45.8 Å². The lowest BCUT2D eigenvalue weighted by atomic mass is 10.1. The molecule has 0 N–H and O–H groups in total. The summed E-state index contributed by atoms with van der Waals surface area (Å²) < 4.78 is 5.03. The van der Waals surface area contributed by atoms with E-state index in [1.54, 1.807) is 31.2 Å². The smallest absolute Gasteiger partial charge is 0.339 e. The minimum absolute atomic E-state index is 0.354. The van der Waals surface area contributed by atoms with Crippen molar-refractivity contribution in [1.29, 1.82) is 5.26 Å². The van der Waals surface area contributed by atoms with Crippen molar-refractivity contribution < 1.29 is 4.42 Å². The van der Waals surface area contributed by atoms with Crippen LogP contribution in [0.3, 0.4) is 0 Å². The Labute approximate surface area is 80.2 Å². The van der Waals surface area contributed by atoms with Crippen LogP contribution in [0.1, 0.15) is 11.1 Å². The molecule has 1 aromatic heterocycles. The molecule has 0 bridgehead atoms. The van der Waals surface area contributed by atoms with Crippen molar-refractivity contribution in [1.82, 2.24) is 0 Å². The normalized spacial score (nSPS) is 10.0. The van der Waals surface area contributed by atoms with Gasteiger partial charge in [0.25, 0.3) is 0 Å². The van der Waals surface area contributed by atoms with E-state index in [2.05, 4.69) is 0 Å². The fourth-order valence-electron chi connectivity index (χ4n) is 1.28. The number of fused-ring (bicyclic) bond motifs is 1. The highest BCUT2D eigenvalue weighted by Gasteiger charge is 2.01. The van der Waals surface area contributed by atoms with Gasteiger partial charge in [0.2, 0.25) is 0 Å². The molecule has 0 spiro atoms. The number of rotatable bonds is 0. The van der Waals surface area contributed by atoms with Gasteiger partial charge < -0.3 is 4.42 Å². The van der Waals surface area contributed by atoms with Crippen LogP contribution >= 0.6 is 0 Å². The van der Waals surface area contributed by atoms with E-state index in [1.165, 1.54) is 0 Å². The minimum Gasteiger partial charge on any atom is -0.422 e. The second-order valence-electron chi connectivity index (χ2n) is 3.08. The molecule has 1 heterocycles. The summed E-state index contributed by atoms with van der Waals surface area (Å²) in [5.41, 5.74) is 1.17. The molecule has 3 heteroatoms. The molecule has 3 nitrogen and oxygen atoms in total. The quantitative estimate of drug-likeness (QED) is 0.589. The first-order valence-corrected chi connectivity index (χ1v) is 4.15. The molecule has 2 aromatic rings. The van der Waals surface area contributed by atoms with Crippen LogP contribution in [0.15, 0.2) is 33.5 Å². The molecule has 68 valence electrons. The summed E-state index contributed by atoms with van der Waals surface area (Å²) in [6, 6.07) is 8.77. The monoisotopic (exact) mass is 185 g/mol. The summed E-state index contributed by atoms with van der Waals surface area (Å²) in [6.45, 7) is 1.70. The zero-order valence-electron chi connectivity index (χ0n) is 7.57. The zero-order chi connectivity index (χ0) is 10.1. The first-order chi connectivity index (χ1) is 6.70. The molecule has 0 unspecified atom stereocenters. The van der Waals surface area contributed by atoms with E-state index in [1.807, 2.05) is 6.07 Å². The summed E-state index contributed by atoms with van der Waals surface area (Å²) in [6.07, 6.45) is 0. The van der Waals surface area contributed by atoms with E-state index >= 15 is 0 Å². The fourth-order valence-corrected chi connectivity index (χ4v) is 1.28. The predicted molar refractivity (Wildman–Crippen MR) is 51.9 cm³/mol. The van der Waals surface area contributed by atoms with Crippen LogP contribution in [0.2, 0.25) is 0 Å². The number of benzene rings is 1. The highest BCUT2D eigenvalue weighted by molar-refractivity contribution is 5.78. The Morgan fingerprint density at radius 1 is 1.36 bits per heavy atom. The molecule has 0 aliphatic rings. The maximum atomic E-state index is 11.2. The third kappa shape index (κ3) is 1.27. The van der Waals surface area contributed by atoms with Crippen molar-refractivity contribution in [3.8, 4) is 6.07 Å². The van der Waals surface area contributed by atoms with Gasteiger partial charge in [-0.15, -0.1) is 0 Å². The summed E-state index contributed by atoms with van der Waals surface area (Å²) in [5, 5.41) is 9.49. The topological polar surface area (TPSA) is 54.0 Å². The molecule has 0 aliphatic heterocycles. The molecule has 0 radical (unpaired) electrons. The molecule has 0 atom stereocenters. The van der Waals surface area contributed by atoms with Crippen molar-refractivity contribution in [2.75, 3.05) is 0 Å². The number of aryl methyl sites for hydroxylation is 1. The van der Waals surface area contributed by atoms with Crippen LogP contribution in [0.4, 0.5) is 0 Å². The molecule has 0 aliphatic carbocycles. The van der Waals surface area contributed by atoms with Gasteiger partial charge in [-0.25, -0.2) is 4.79 Å². The lowest BCUT2D eigenvalue weighted by Gasteiger charge is -1.97. The fraction of sp³-hybridized carbons (Fsp3) is 0.0909. The zero-order valence-corrected chi connectivity index (χ0v) is 7.57. The van der Waals surface area contributed by atoms with Crippen LogP contribution in [0.25, 0.3) is 11.0 Å². The largest absolute Gasteiger partial charge is 0.422 e. The van der Waals surface area contributed by atoms with E-state index < -0.39 is 0 Å². The van der Waals surface area contributed by atoms with E-state index in [9.17, 15) is 4.79 Å². The van der Waals surface area contributed by atoms with Crippen LogP contribution in [0.5, 0.6) is 0 Å². The summed E-state index contributed by atoms with van der Waals surface area (Å²) >= 11 is 0. The lowest BCUT2D eigenvalue weighted by molar-refractivity contribution is 0.555. The lowest BCUT2D eigenvalue weighted by Crippen LogP contribution is -2.01. The molecule has 2 rings (SSSR count). The Kier molecular flexibility index (Phi) is 1.83. The summed E-state index contributed by atoms with van der Waals surface area (Å²) in [7, 11) is 0. The molecular weight excluding hydrogens is 178 g/mol. The Morgan fingerprint density at radius 2 is 2.14 bits per heavy atom. The molecule has 0 amide bonds. The van der Waals surface area contributed by atoms with Gasteiger partial charge >= 0.3 is 5.63 Å². The van der Waals surface area contributed by atoms with Gasteiger partial charge in [-0.2, -0.15) is 5.26 Å². The Hall–Kier alpha value is -2.08. The van der Waals surface area contributed by atoms with Crippen molar-refractivity contribution in [3.63, 3.8) is 0 Å². The van der Waals surface area contributed by atoms with Crippen molar-refractivity contribution in [2.45, 2.75) is 6.92 Å². The SMILES string of the molecule is Cc1cc2ccc(C#N)cc2oc1=O. The summed E-state index contributed by atoms with van der Waals surface area (Å²) in [4.78, 5) is 11.2. The van der Waals surface area contributed by atoms with E-state index in [-0.39, 0.29) is 5.63 Å². The third-order valence-electron chi connectivity index (χ3n) is 2.04. The van der Waals surface area contributed by atoms with Gasteiger partial charge in [-0.05, 0) is 31.2 Å². The number of hydrogen-bond donors (Lipinski definition) is 0. The average Bonchev–Trinajstić information content (AvgIpc) is 2.19. The van der Waals surface area contributed by atoms with Crippen LogP contribution in [0, 0.1) is 18.3 Å². The first kappa shape index (κ1) is 8.52. The second kappa shape index (κ2) is 3.00. The van der Waals surface area contributed by atoms with E-state index in [4.69, 9.17) is 9.68 Å². The van der Waals surface area contributed by atoms with Crippen LogP contribution in [-0.2, 0) is 0 Å². The van der Waals surface area contributed by atoms with Gasteiger partial charge in [-0.3, -0.25) is 0 Å². The molecule has 0 saturated carbocycles. The van der Waals surface area contributed by atoms with Crippen LogP contribution < -0.4 is 5.63 Å². The maximum Gasteiger partial charge on any atom is 0.339 e. The Bertz CT molecular complexity index is 590. The van der Waals surface area contributed by atoms with Gasteiger partial charge in [0.1, 0.15) is 5.58 Å². The highest BCUT2D eigenvalue weighted by Crippen LogP contribution is 2.14. The maximum absolute atomic E-state index is 11.2. The molecule has 1 aromatic carbocycles. The van der Waals surface area contributed by atoms with Crippen molar-refractivity contribution >= 4 is 11.0 Å². The molecule has 14 heavy (non-hydrogen) atoms. The Balaban J connectivity index is 2.85. The minimum atomic E-state index is -0.354. The molecule has 0 saturated heterocycles. The van der Waals surface area contributed by atoms with Crippen LogP contribution in [-0.4, -0.2) is 0 Å². The average molecular weight is 185 g/mol. The van der Waals surface area contributed by atoms with Gasteiger partial charge in [0.15, 0.2) is 0 Å². The number of nitriles is 1. The first-order valence-electron chi connectivity index (χ1n) is 4.15. The summed E-state index contributed by atoms with van der Waals surface area (Å²) in [5.74, 6) is 0. The van der Waals surface area contributed by atoms with Gasteiger partial charge in [-0.1, -0.05) is 0 Å². The third-order valence-corrected chi connectivity index (χ3v) is 2.04. The highest BCUT2D eigenvalue weighted by atomic mass is 16.4. The molecular formula is C11H7NO2. The predicted octanol–water partition coefficient (Wildman–Crippen LogP) is 1.97. The van der Waals surface area contributed by atoms with E-state index in [0.29, 0.717) is 16.7 Å². The van der Waals surface area contributed by atoms with Gasteiger partial charge in [0, 0.05) is 10.9 Å².